The average Bonchev–Trinajstić information content (AvgIpc) is 3.02. The van der Waals surface area contributed by atoms with Gasteiger partial charge in [-0.1, -0.05) is 26.0 Å². The Balaban J connectivity index is 0.000000791. The first-order chi connectivity index (χ1) is 6.75. The Kier molecular flexibility index (Phi) is 6.21. The van der Waals surface area contributed by atoms with Gasteiger partial charge in [0.1, 0.15) is 5.60 Å². The lowest BCUT2D eigenvalue weighted by atomic mass is 10.3. The number of nitrogens with one attached hydrogen (secondary N) is 1. The van der Waals surface area contributed by atoms with Crippen LogP contribution in [0.3, 0.4) is 0 Å². The van der Waals surface area contributed by atoms with Gasteiger partial charge < -0.3 is 10.1 Å². The highest BCUT2D eigenvalue weighted by Gasteiger charge is 2.50. The van der Waals surface area contributed by atoms with Crippen LogP contribution < -0.4 is 5.32 Å². The summed E-state index contributed by atoms with van der Waals surface area (Å²) in [5.74, 6) is 0.0168. The molecule has 3 heteroatoms. The molecule has 0 atom stereocenters. The van der Waals surface area contributed by atoms with Gasteiger partial charge in [0.05, 0.1) is 0 Å². The van der Waals surface area contributed by atoms with Crippen molar-refractivity contribution in [1.29, 1.82) is 0 Å². The summed E-state index contributed by atoms with van der Waals surface area (Å²) in [5.41, 5.74) is -0.485. The second-order valence-corrected chi connectivity index (χ2v) is 2.98. The number of methoxy groups -OCH3 is 1. The Labute approximate surface area is 86.5 Å². The predicted octanol–water partition coefficient (Wildman–Crippen LogP) is 1.88. The maximum Gasteiger partial charge on any atom is 0.252 e. The van der Waals surface area contributed by atoms with Crippen molar-refractivity contribution in [2.24, 2.45) is 0 Å². The highest BCUT2D eigenvalue weighted by Crippen LogP contribution is 2.38. The third-order valence-corrected chi connectivity index (χ3v) is 2.12. The van der Waals surface area contributed by atoms with Crippen LogP contribution in [0.25, 0.3) is 0 Å². The van der Waals surface area contributed by atoms with E-state index in [9.17, 15) is 4.79 Å². The molecule has 3 nitrogen and oxygen atoms in total. The van der Waals surface area contributed by atoms with Crippen LogP contribution in [-0.2, 0) is 9.53 Å². The molecule has 1 amide bonds. The Hall–Kier alpha value is -0.830. The molecular weight excluding hydrogens is 178 g/mol. The van der Waals surface area contributed by atoms with Gasteiger partial charge in [-0.05, 0) is 19.8 Å². The number of hydrogen-bond donors (Lipinski definition) is 1. The van der Waals surface area contributed by atoms with Crippen molar-refractivity contribution < 1.29 is 9.53 Å². The van der Waals surface area contributed by atoms with Gasteiger partial charge in [0.2, 0.25) is 0 Å². The molecule has 82 valence electrons. The van der Waals surface area contributed by atoms with Crippen LogP contribution in [0.1, 0.15) is 33.6 Å². The van der Waals surface area contributed by atoms with E-state index in [0.717, 1.165) is 12.8 Å². The monoisotopic (exact) mass is 199 g/mol. The van der Waals surface area contributed by atoms with Crippen molar-refractivity contribution in [3.63, 3.8) is 0 Å². The number of carbonyl (C=O) groups excluding carboxylic acids is 1. The minimum absolute atomic E-state index is 0.0168. The first-order valence-corrected chi connectivity index (χ1v) is 5.20. The number of rotatable bonds is 4. The first kappa shape index (κ1) is 13.2. The zero-order valence-corrected chi connectivity index (χ0v) is 9.59. The molecule has 14 heavy (non-hydrogen) atoms. The van der Waals surface area contributed by atoms with Crippen LogP contribution in [0, 0.1) is 0 Å². The summed E-state index contributed by atoms with van der Waals surface area (Å²) < 4.78 is 5.11. The van der Waals surface area contributed by atoms with Crippen molar-refractivity contribution in [3.8, 4) is 0 Å². The Bertz CT molecular complexity index is 195. The van der Waals surface area contributed by atoms with Crippen LogP contribution in [0.15, 0.2) is 12.2 Å². The molecule has 0 aliphatic heterocycles. The van der Waals surface area contributed by atoms with Crippen molar-refractivity contribution >= 4 is 5.91 Å². The van der Waals surface area contributed by atoms with Crippen molar-refractivity contribution in [3.05, 3.63) is 12.2 Å². The van der Waals surface area contributed by atoms with Gasteiger partial charge in [-0.3, -0.25) is 4.79 Å². The first-order valence-electron chi connectivity index (χ1n) is 5.20. The summed E-state index contributed by atoms with van der Waals surface area (Å²) in [6.07, 6.45) is 5.52. The van der Waals surface area contributed by atoms with E-state index in [2.05, 4.69) is 5.32 Å². The number of carbonyl (C=O) groups is 1. The molecule has 1 rings (SSSR count). The van der Waals surface area contributed by atoms with Crippen LogP contribution in [0.4, 0.5) is 0 Å². The molecule has 0 aromatic carbocycles. The summed E-state index contributed by atoms with van der Waals surface area (Å²) in [7, 11) is 1.59. The second kappa shape index (κ2) is 6.60. The van der Waals surface area contributed by atoms with Gasteiger partial charge in [-0.25, -0.2) is 0 Å². The topological polar surface area (TPSA) is 38.3 Å². The molecule has 0 radical (unpaired) electrons. The second-order valence-electron chi connectivity index (χ2n) is 2.98. The molecule has 0 aromatic heterocycles. The van der Waals surface area contributed by atoms with Crippen LogP contribution in [0.2, 0.25) is 0 Å². The van der Waals surface area contributed by atoms with Gasteiger partial charge in [0, 0.05) is 13.7 Å². The fourth-order valence-electron chi connectivity index (χ4n) is 1.07. The average molecular weight is 199 g/mol. The zero-order valence-electron chi connectivity index (χ0n) is 9.59. The number of allylic oxidation sites excluding steroid dienone is 1. The van der Waals surface area contributed by atoms with Gasteiger partial charge in [-0.2, -0.15) is 0 Å². The minimum atomic E-state index is -0.485. The van der Waals surface area contributed by atoms with E-state index in [1.54, 1.807) is 7.11 Å². The lowest BCUT2D eigenvalue weighted by molar-refractivity contribution is -0.133. The van der Waals surface area contributed by atoms with E-state index in [0.29, 0.717) is 6.54 Å². The molecule has 1 aliphatic rings. The summed E-state index contributed by atoms with van der Waals surface area (Å²) >= 11 is 0. The molecule has 0 spiro atoms. The summed E-state index contributed by atoms with van der Waals surface area (Å²) in [6.45, 7) is 6.52. The fraction of sp³-hybridized carbons (Fsp3) is 0.727. The highest BCUT2D eigenvalue weighted by molar-refractivity contribution is 5.88. The highest BCUT2D eigenvalue weighted by atomic mass is 16.5. The third-order valence-electron chi connectivity index (χ3n) is 2.12. The molecule has 1 aliphatic carbocycles. The SMILES string of the molecule is C/C=C/CNC(=O)C1(OC)CC1.CC. The smallest absolute Gasteiger partial charge is 0.252 e. The standard InChI is InChI=1S/C9H15NO2.C2H6/c1-3-4-7-10-8(11)9(12-2)5-6-9;1-2/h3-4H,5-7H2,1-2H3,(H,10,11);1-2H3/b4-3+;. The molecule has 0 aromatic rings. The quantitative estimate of drug-likeness (QED) is 0.702. The fourth-order valence-corrected chi connectivity index (χ4v) is 1.07. The summed E-state index contributed by atoms with van der Waals surface area (Å²) in [5, 5.41) is 2.79. The van der Waals surface area contributed by atoms with Crippen LogP contribution >= 0.6 is 0 Å². The van der Waals surface area contributed by atoms with Crippen LogP contribution in [0.5, 0.6) is 0 Å². The van der Waals surface area contributed by atoms with E-state index >= 15 is 0 Å². The minimum Gasteiger partial charge on any atom is -0.368 e. The molecule has 1 N–H and O–H groups in total. The van der Waals surface area contributed by atoms with Crippen molar-refractivity contribution in [1.82, 2.24) is 5.32 Å². The zero-order chi connectivity index (χ0) is 11.0. The normalized spacial score (nSPS) is 17.1. The maximum absolute atomic E-state index is 11.4. The van der Waals surface area contributed by atoms with E-state index in [4.69, 9.17) is 4.74 Å². The molecule has 1 fully saturated rings. The molecule has 0 bridgehead atoms. The Morgan fingerprint density at radius 2 is 2.07 bits per heavy atom. The van der Waals surface area contributed by atoms with E-state index in [-0.39, 0.29) is 5.91 Å². The molecule has 0 saturated heterocycles. The largest absolute Gasteiger partial charge is 0.368 e. The van der Waals surface area contributed by atoms with Crippen molar-refractivity contribution in [2.75, 3.05) is 13.7 Å². The van der Waals surface area contributed by atoms with E-state index in [1.807, 2.05) is 32.9 Å². The molecule has 0 unspecified atom stereocenters. The van der Waals surface area contributed by atoms with Gasteiger partial charge >= 0.3 is 0 Å². The lowest BCUT2D eigenvalue weighted by Crippen LogP contribution is -2.37. The third kappa shape index (κ3) is 3.50. The van der Waals surface area contributed by atoms with Gasteiger partial charge in [-0.15, -0.1) is 0 Å². The number of ether oxygens (including phenoxy) is 1. The lowest BCUT2D eigenvalue weighted by Gasteiger charge is -2.11. The summed E-state index contributed by atoms with van der Waals surface area (Å²) in [4.78, 5) is 11.4. The Morgan fingerprint density at radius 3 is 2.43 bits per heavy atom. The molecule has 1 saturated carbocycles. The number of hydrogen-bond acceptors (Lipinski definition) is 2. The molecule has 0 heterocycles. The summed E-state index contributed by atoms with van der Waals surface area (Å²) in [6, 6.07) is 0. The van der Waals surface area contributed by atoms with Crippen LogP contribution in [-0.4, -0.2) is 25.2 Å². The number of amides is 1. The predicted molar refractivity (Wildman–Crippen MR) is 58.1 cm³/mol. The van der Waals surface area contributed by atoms with Gasteiger partial charge in [0.15, 0.2) is 0 Å². The van der Waals surface area contributed by atoms with Crippen molar-refractivity contribution in [2.45, 2.75) is 39.2 Å². The van der Waals surface area contributed by atoms with Gasteiger partial charge in [0.25, 0.3) is 5.91 Å². The van der Waals surface area contributed by atoms with E-state index < -0.39 is 5.60 Å². The maximum atomic E-state index is 11.4. The molecular formula is C11H21NO2. The van der Waals surface area contributed by atoms with E-state index in [1.165, 1.54) is 0 Å². The Morgan fingerprint density at radius 1 is 1.50 bits per heavy atom.